The fraction of sp³-hybridized carbons (Fsp3) is 0.235. The first-order valence-corrected chi connectivity index (χ1v) is 6.86. The summed E-state index contributed by atoms with van der Waals surface area (Å²) in [5.74, 6) is 1.38. The van der Waals surface area contributed by atoms with E-state index in [1.807, 2.05) is 13.8 Å². The van der Waals surface area contributed by atoms with E-state index in [4.69, 9.17) is 23.8 Å². The molecule has 0 aliphatic heterocycles. The smallest absolute Gasteiger partial charge is 0.206 e. The predicted octanol–water partition coefficient (Wildman–Crippen LogP) is 1.86. The second-order valence-electron chi connectivity index (χ2n) is 3.95. The van der Waals surface area contributed by atoms with E-state index >= 15 is 0 Å². The number of amides is 1. The van der Waals surface area contributed by atoms with Gasteiger partial charge in [-0.1, -0.05) is 25.2 Å². The van der Waals surface area contributed by atoms with E-state index in [9.17, 15) is 9.50 Å². The average Bonchev–Trinajstić information content (AvgIpc) is 2.58. The number of phenols is 1. The van der Waals surface area contributed by atoms with Crippen LogP contribution < -0.4 is 15.5 Å². The average molecular weight is 315 g/mol. The molecule has 0 bridgehead atoms. The zero-order valence-electron chi connectivity index (χ0n) is 13.6. The van der Waals surface area contributed by atoms with Gasteiger partial charge in [0, 0.05) is 7.05 Å². The van der Waals surface area contributed by atoms with Crippen molar-refractivity contribution in [1.82, 2.24) is 5.32 Å². The van der Waals surface area contributed by atoms with Gasteiger partial charge in [-0.2, -0.15) is 0 Å². The molecule has 0 aliphatic rings. The molecule has 0 saturated carbocycles. The Hall–Kier alpha value is -2.68. The van der Waals surface area contributed by atoms with Gasteiger partial charge in [-0.05, 0) is 29.0 Å². The minimum atomic E-state index is -0.836. The van der Waals surface area contributed by atoms with Gasteiger partial charge in [0.2, 0.25) is 6.41 Å². The van der Waals surface area contributed by atoms with Gasteiger partial charge in [-0.25, -0.2) is 4.39 Å². The highest BCUT2D eigenvalue weighted by Crippen LogP contribution is 2.29. The summed E-state index contributed by atoms with van der Waals surface area (Å²) >= 11 is 0. The third-order valence-electron chi connectivity index (χ3n) is 2.66. The maximum atomic E-state index is 13.6. The number of aromatic hydroxyl groups is 1. The molecule has 120 valence electrons. The molecule has 0 fully saturated rings. The molecule has 0 spiro atoms. The molecule has 0 aliphatic carbocycles. The van der Waals surface area contributed by atoms with Crippen molar-refractivity contribution in [3.63, 3.8) is 0 Å². The lowest BCUT2D eigenvalue weighted by Gasteiger charge is -2.10. The molecule has 0 atom stereocenters. The number of benzene rings is 2. The molecule has 0 saturated heterocycles. The van der Waals surface area contributed by atoms with Crippen molar-refractivity contribution >= 4 is 30.5 Å². The molecule has 4 nitrogen and oxygen atoms in total. The number of hydrogen-bond acceptors (Lipinski definition) is 3. The standard InChI is InChI=1S/C13H8BFO2.C2H5NO.C2H6/c1-3-9-12-7(5-11(16)13(9)15)4-8(17-2)6-10(12)14;1-3-2-4;1-2/h1,4-6,16H,2H3;2H,1H3,(H,3,4);1-2H3. The van der Waals surface area contributed by atoms with E-state index < -0.39 is 11.6 Å². The number of rotatable bonds is 2. The Balaban J connectivity index is 0.000000705. The van der Waals surface area contributed by atoms with Crippen molar-refractivity contribution in [3.05, 3.63) is 29.6 Å². The monoisotopic (exact) mass is 315 g/mol. The van der Waals surface area contributed by atoms with Crippen LogP contribution in [0.1, 0.15) is 19.4 Å². The van der Waals surface area contributed by atoms with Crippen molar-refractivity contribution in [1.29, 1.82) is 0 Å². The SMILES string of the molecule is CC.CNC=O.[B]c1cc(OC)cc2cc(O)c(F)c(C#C)c12. The van der Waals surface area contributed by atoms with Gasteiger partial charge in [0.15, 0.2) is 11.6 Å². The summed E-state index contributed by atoms with van der Waals surface area (Å²) < 4.78 is 18.7. The summed E-state index contributed by atoms with van der Waals surface area (Å²) in [6.45, 7) is 4.00. The Kier molecular flexibility index (Phi) is 8.94. The predicted molar refractivity (Wildman–Crippen MR) is 91.9 cm³/mol. The lowest BCUT2D eigenvalue weighted by molar-refractivity contribution is -0.109. The van der Waals surface area contributed by atoms with Crippen molar-refractivity contribution in [2.75, 3.05) is 14.2 Å². The minimum absolute atomic E-state index is 0.0415. The van der Waals surface area contributed by atoms with E-state index in [0.717, 1.165) is 0 Å². The highest BCUT2D eigenvalue weighted by Gasteiger charge is 2.13. The number of carbonyl (C=O) groups is 1. The molecule has 0 aromatic heterocycles. The summed E-state index contributed by atoms with van der Waals surface area (Å²) in [4.78, 5) is 9.06. The van der Waals surface area contributed by atoms with Crippen molar-refractivity contribution in [2.45, 2.75) is 13.8 Å². The highest BCUT2D eigenvalue weighted by molar-refractivity contribution is 6.39. The van der Waals surface area contributed by atoms with Crippen LogP contribution >= 0.6 is 0 Å². The summed E-state index contributed by atoms with van der Waals surface area (Å²) in [5, 5.41) is 12.6. The Morgan fingerprint density at radius 2 is 1.96 bits per heavy atom. The number of nitrogens with one attached hydrogen (secondary N) is 1. The molecule has 1 amide bonds. The van der Waals surface area contributed by atoms with E-state index in [2.05, 4.69) is 11.2 Å². The van der Waals surface area contributed by atoms with Gasteiger partial charge in [0.05, 0.1) is 12.7 Å². The molecular formula is C17H19BFNO3. The Labute approximate surface area is 137 Å². The molecule has 2 aromatic carbocycles. The minimum Gasteiger partial charge on any atom is -0.505 e. The van der Waals surface area contributed by atoms with Crippen LogP contribution in [0.2, 0.25) is 0 Å². The van der Waals surface area contributed by atoms with Crippen LogP contribution in [0.5, 0.6) is 11.5 Å². The zero-order chi connectivity index (χ0) is 18.0. The van der Waals surface area contributed by atoms with E-state index in [0.29, 0.717) is 28.4 Å². The van der Waals surface area contributed by atoms with E-state index in [-0.39, 0.29) is 5.56 Å². The van der Waals surface area contributed by atoms with Crippen molar-refractivity contribution in [3.8, 4) is 23.8 Å². The summed E-state index contributed by atoms with van der Waals surface area (Å²) in [6.07, 6.45) is 5.86. The van der Waals surface area contributed by atoms with Crippen LogP contribution in [0.4, 0.5) is 4.39 Å². The number of fused-ring (bicyclic) bond motifs is 1. The summed E-state index contributed by atoms with van der Waals surface area (Å²) in [6, 6.07) is 4.45. The largest absolute Gasteiger partial charge is 0.505 e. The van der Waals surface area contributed by atoms with Crippen LogP contribution in [0, 0.1) is 18.2 Å². The van der Waals surface area contributed by atoms with Gasteiger partial charge < -0.3 is 15.2 Å². The van der Waals surface area contributed by atoms with Gasteiger partial charge in [-0.3, -0.25) is 4.79 Å². The van der Waals surface area contributed by atoms with Crippen molar-refractivity contribution in [2.24, 2.45) is 0 Å². The van der Waals surface area contributed by atoms with Gasteiger partial charge >= 0.3 is 0 Å². The van der Waals surface area contributed by atoms with Crippen LogP contribution in [0.15, 0.2) is 18.2 Å². The first kappa shape index (κ1) is 20.3. The van der Waals surface area contributed by atoms with Crippen LogP contribution in [-0.2, 0) is 4.79 Å². The molecule has 2 radical (unpaired) electrons. The molecule has 23 heavy (non-hydrogen) atoms. The maximum Gasteiger partial charge on any atom is 0.206 e. The Morgan fingerprint density at radius 1 is 1.39 bits per heavy atom. The molecule has 2 N–H and O–H groups in total. The number of phenolic OH excluding ortho intramolecular Hbond substituents is 1. The molecule has 6 heteroatoms. The first-order chi connectivity index (χ1) is 11.0. The fourth-order valence-electron chi connectivity index (χ4n) is 1.76. The highest BCUT2D eigenvalue weighted by atomic mass is 19.1. The quantitative estimate of drug-likeness (QED) is 0.505. The Bertz CT molecular complexity index is 711. The van der Waals surface area contributed by atoms with Crippen molar-refractivity contribution < 1.29 is 19.0 Å². The summed E-state index contributed by atoms with van der Waals surface area (Å²) in [7, 11) is 8.86. The first-order valence-electron chi connectivity index (χ1n) is 6.86. The van der Waals surface area contributed by atoms with Crippen LogP contribution in [0.3, 0.4) is 0 Å². The van der Waals surface area contributed by atoms with Gasteiger partial charge in [0.1, 0.15) is 13.6 Å². The van der Waals surface area contributed by atoms with E-state index in [1.54, 1.807) is 19.2 Å². The van der Waals surface area contributed by atoms with Gasteiger partial charge in [0.25, 0.3) is 0 Å². The molecule has 2 rings (SSSR count). The number of ether oxygens (including phenoxy) is 1. The molecule has 0 unspecified atom stereocenters. The third-order valence-corrected chi connectivity index (χ3v) is 2.66. The lowest BCUT2D eigenvalue weighted by atomic mass is 9.87. The normalized spacial score (nSPS) is 8.70. The second-order valence-corrected chi connectivity index (χ2v) is 3.95. The number of hydrogen-bond donors (Lipinski definition) is 2. The molecular weight excluding hydrogens is 296 g/mol. The second kappa shape index (κ2) is 10.1. The number of terminal acetylenes is 1. The zero-order valence-corrected chi connectivity index (χ0v) is 13.6. The topological polar surface area (TPSA) is 58.6 Å². The van der Waals surface area contributed by atoms with Crippen LogP contribution in [0.25, 0.3) is 10.8 Å². The molecule has 0 heterocycles. The van der Waals surface area contributed by atoms with Crippen LogP contribution in [-0.4, -0.2) is 33.5 Å². The number of halogens is 1. The Morgan fingerprint density at radius 3 is 2.39 bits per heavy atom. The third kappa shape index (κ3) is 4.92. The van der Waals surface area contributed by atoms with Gasteiger partial charge in [-0.15, -0.1) is 6.42 Å². The fourth-order valence-corrected chi connectivity index (χ4v) is 1.76. The molecule has 2 aromatic rings. The number of methoxy groups -OCH3 is 1. The van der Waals surface area contributed by atoms with E-state index in [1.165, 1.54) is 13.2 Å². The number of carbonyl (C=O) groups excluding carboxylic acids is 1. The summed E-state index contributed by atoms with van der Waals surface area (Å²) in [5.41, 5.74) is 0.270. The maximum absolute atomic E-state index is 13.6. The lowest BCUT2D eigenvalue weighted by Crippen LogP contribution is -2.07.